The zero-order valence-corrected chi connectivity index (χ0v) is 14.3. The van der Waals surface area contributed by atoms with Gasteiger partial charge >= 0.3 is 0 Å². The van der Waals surface area contributed by atoms with E-state index in [1.165, 1.54) is 29.6 Å². The summed E-state index contributed by atoms with van der Waals surface area (Å²) in [5.41, 5.74) is 1.17. The number of rotatable bonds is 5. The Labute approximate surface area is 146 Å². The van der Waals surface area contributed by atoms with Gasteiger partial charge in [0.25, 0.3) is 0 Å². The molecule has 0 spiro atoms. The van der Waals surface area contributed by atoms with Crippen molar-refractivity contribution in [3.8, 4) is 0 Å². The largest absolute Gasteiger partial charge is 0.237 e. The molecule has 23 heavy (non-hydrogen) atoms. The normalized spacial score (nSPS) is 9.57. The lowest BCUT2D eigenvalue weighted by atomic mass is 10.2. The lowest BCUT2D eigenvalue weighted by molar-refractivity contribution is 0.757. The molecule has 0 N–H and O–H groups in total. The number of benzene rings is 3. The molecule has 0 unspecified atom stereocenters. The van der Waals surface area contributed by atoms with Crippen LogP contribution in [0, 0.1) is 0 Å². The summed E-state index contributed by atoms with van der Waals surface area (Å²) in [5, 5.41) is 0. The number of hydrogen-bond donors (Lipinski definition) is 0. The maximum Gasteiger partial charge on any atom is 0.0447 e. The van der Waals surface area contributed by atoms with Gasteiger partial charge in [0.15, 0.2) is 0 Å². The molecule has 0 aliphatic rings. The summed E-state index contributed by atoms with van der Waals surface area (Å²) < 4.78 is 5.44. The van der Waals surface area contributed by atoms with Crippen LogP contribution in [-0.4, -0.2) is 0 Å². The quantitative estimate of drug-likeness (QED) is 0.476. The van der Waals surface area contributed by atoms with Gasteiger partial charge in [-0.3, -0.25) is 0 Å². The first-order valence-electron chi connectivity index (χ1n) is 7.17. The van der Waals surface area contributed by atoms with Crippen LogP contribution in [0.2, 0.25) is 0 Å². The Bertz CT molecular complexity index is 630. The van der Waals surface area contributed by atoms with E-state index in [4.69, 9.17) is 3.63 Å². The van der Waals surface area contributed by atoms with Gasteiger partial charge in [-0.1, -0.05) is 79.4 Å². The molecule has 0 amide bonds. The first-order chi connectivity index (χ1) is 11.4. The molecule has 0 aliphatic carbocycles. The second-order valence-corrected chi connectivity index (χ2v) is 6.30. The summed E-state index contributed by atoms with van der Waals surface area (Å²) >= 11 is 2.76. The van der Waals surface area contributed by atoms with Crippen molar-refractivity contribution in [3.05, 3.63) is 103 Å². The van der Waals surface area contributed by atoms with Gasteiger partial charge in [0.05, 0.1) is 0 Å². The van der Waals surface area contributed by atoms with Gasteiger partial charge in [0, 0.05) is 33.9 Å². The summed E-state index contributed by atoms with van der Waals surface area (Å²) in [5.74, 6) is 0. The Balaban J connectivity index is 0.000000203. The van der Waals surface area contributed by atoms with Crippen LogP contribution in [0.1, 0.15) is 5.56 Å². The van der Waals surface area contributed by atoms with Gasteiger partial charge in [-0.05, 0) is 29.8 Å². The standard InChI is InChI=1S/C12H10OS2.C8H8/c1-3-7-11(8-4-1)14-13-15-12-9-5-2-6-10-12;1-2-8-6-4-3-5-7-8/h1-10H;2-7H,1H2. The fourth-order valence-corrected chi connectivity index (χ4v) is 2.94. The third-order valence-corrected chi connectivity index (χ3v) is 4.26. The maximum absolute atomic E-state index is 5.44. The molecule has 116 valence electrons. The lowest BCUT2D eigenvalue weighted by Crippen LogP contribution is -1.71. The first-order valence-corrected chi connectivity index (χ1v) is 8.65. The molecular weight excluding hydrogens is 320 g/mol. The highest BCUT2D eigenvalue weighted by molar-refractivity contribution is 8.07. The molecule has 0 aliphatic heterocycles. The van der Waals surface area contributed by atoms with Gasteiger partial charge < -0.3 is 0 Å². The zero-order valence-electron chi connectivity index (χ0n) is 12.7. The molecule has 3 rings (SSSR count). The topological polar surface area (TPSA) is 9.23 Å². The minimum Gasteiger partial charge on any atom is -0.237 e. The van der Waals surface area contributed by atoms with Crippen molar-refractivity contribution in [2.24, 2.45) is 0 Å². The van der Waals surface area contributed by atoms with Crippen molar-refractivity contribution in [3.63, 3.8) is 0 Å². The highest BCUT2D eigenvalue weighted by Crippen LogP contribution is 2.28. The highest BCUT2D eigenvalue weighted by Gasteiger charge is 1.95. The van der Waals surface area contributed by atoms with Crippen LogP contribution in [0.4, 0.5) is 0 Å². The molecule has 3 heteroatoms. The average Bonchev–Trinajstić information content (AvgIpc) is 2.65. The summed E-state index contributed by atoms with van der Waals surface area (Å²) in [6.45, 7) is 3.63. The molecule has 3 aromatic rings. The fraction of sp³-hybridized carbons (Fsp3) is 0. The van der Waals surface area contributed by atoms with Crippen LogP contribution in [-0.2, 0) is 3.63 Å². The Morgan fingerprint density at radius 1 is 0.609 bits per heavy atom. The molecule has 0 radical (unpaired) electrons. The maximum atomic E-state index is 5.44. The molecule has 1 nitrogen and oxygen atoms in total. The van der Waals surface area contributed by atoms with Crippen molar-refractivity contribution >= 4 is 30.2 Å². The number of hydrogen-bond acceptors (Lipinski definition) is 3. The second-order valence-electron chi connectivity index (χ2n) is 4.48. The molecule has 0 heterocycles. The van der Waals surface area contributed by atoms with Gasteiger partial charge in [-0.2, -0.15) is 0 Å². The van der Waals surface area contributed by atoms with Crippen LogP contribution in [0.15, 0.2) is 107 Å². The van der Waals surface area contributed by atoms with Gasteiger partial charge in [0.2, 0.25) is 0 Å². The Morgan fingerprint density at radius 2 is 1.00 bits per heavy atom. The highest BCUT2D eigenvalue weighted by atomic mass is 32.2. The summed E-state index contributed by atoms with van der Waals surface area (Å²) in [7, 11) is 0. The molecule has 3 aromatic carbocycles. The molecule has 0 atom stereocenters. The van der Waals surface area contributed by atoms with Crippen molar-refractivity contribution in [2.45, 2.75) is 9.79 Å². The fourth-order valence-electron chi connectivity index (χ4n) is 1.64. The molecule has 0 saturated heterocycles. The third kappa shape index (κ3) is 7.24. The molecule has 0 fully saturated rings. The SMILES string of the molecule is C=Cc1ccccc1.c1ccc(SOSc2ccccc2)cc1. The summed E-state index contributed by atoms with van der Waals surface area (Å²) in [6.07, 6.45) is 1.83. The van der Waals surface area contributed by atoms with Crippen molar-refractivity contribution in [1.29, 1.82) is 0 Å². The Kier molecular flexibility index (Phi) is 8.12. The van der Waals surface area contributed by atoms with Crippen LogP contribution < -0.4 is 0 Å². The van der Waals surface area contributed by atoms with Crippen LogP contribution in [0.25, 0.3) is 6.08 Å². The summed E-state index contributed by atoms with van der Waals surface area (Å²) in [6, 6.07) is 30.1. The van der Waals surface area contributed by atoms with E-state index in [1.807, 2.05) is 97.1 Å². The Morgan fingerprint density at radius 3 is 1.35 bits per heavy atom. The molecule has 0 bridgehead atoms. The van der Waals surface area contributed by atoms with Crippen LogP contribution >= 0.6 is 24.1 Å². The van der Waals surface area contributed by atoms with E-state index in [0.29, 0.717) is 0 Å². The second kappa shape index (κ2) is 10.7. The van der Waals surface area contributed by atoms with E-state index in [1.54, 1.807) is 0 Å². The van der Waals surface area contributed by atoms with E-state index >= 15 is 0 Å². The zero-order chi connectivity index (χ0) is 16.2. The van der Waals surface area contributed by atoms with E-state index in [0.717, 1.165) is 9.79 Å². The van der Waals surface area contributed by atoms with E-state index in [-0.39, 0.29) is 0 Å². The van der Waals surface area contributed by atoms with Crippen molar-refractivity contribution < 1.29 is 3.63 Å². The van der Waals surface area contributed by atoms with E-state index in [9.17, 15) is 0 Å². The molecular formula is C20H18OS2. The minimum absolute atomic E-state index is 1.11. The summed E-state index contributed by atoms with van der Waals surface area (Å²) in [4.78, 5) is 2.22. The smallest absolute Gasteiger partial charge is 0.0447 e. The van der Waals surface area contributed by atoms with Gasteiger partial charge in [0.1, 0.15) is 0 Å². The average molecular weight is 338 g/mol. The monoisotopic (exact) mass is 338 g/mol. The van der Waals surface area contributed by atoms with E-state index in [2.05, 4.69) is 6.58 Å². The first kappa shape index (κ1) is 17.4. The van der Waals surface area contributed by atoms with E-state index < -0.39 is 0 Å². The molecule has 0 aromatic heterocycles. The van der Waals surface area contributed by atoms with Crippen molar-refractivity contribution in [2.75, 3.05) is 0 Å². The minimum atomic E-state index is 1.11. The lowest BCUT2D eigenvalue weighted by Gasteiger charge is -2.00. The molecule has 0 saturated carbocycles. The Hall–Kier alpha value is -1.94. The van der Waals surface area contributed by atoms with Gasteiger partial charge in [-0.15, -0.1) is 0 Å². The van der Waals surface area contributed by atoms with Gasteiger partial charge in [-0.25, -0.2) is 3.63 Å². The van der Waals surface area contributed by atoms with Crippen LogP contribution in [0.3, 0.4) is 0 Å². The third-order valence-electron chi connectivity index (χ3n) is 2.78. The predicted octanol–water partition coefficient (Wildman–Crippen LogP) is 6.75. The van der Waals surface area contributed by atoms with Crippen LogP contribution in [0.5, 0.6) is 0 Å². The van der Waals surface area contributed by atoms with Crippen molar-refractivity contribution in [1.82, 2.24) is 0 Å². The predicted molar refractivity (Wildman–Crippen MR) is 102 cm³/mol.